The van der Waals surface area contributed by atoms with E-state index >= 15 is 0 Å². The Morgan fingerprint density at radius 2 is 1.77 bits per heavy atom. The summed E-state index contributed by atoms with van der Waals surface area (Å²) in [5.74, 6) is 0.646. The molecule has 2 aliphatic rings. The quantitative estimate of drug-likeness (QED) is 0.530. The van der Waals surface area contributed by atoms with Gasteiger partial charge in [0.05, 0.1) is 0 Å². The third-order valence-corrected chi connectivity index (χ3v) is 5.39. The summed E-state index contributed by atoms with van der Waals surface area (Å²) in [6.07, 6.45) is 5.75. The van der Waals surface area contributed by atoms with Crippen LogP contribution in [0.1, 0.15) is 43.2 Å². The van der Waals surface area contributed by atoms with Crippen LogP contribution >= 0.6 is 0 Å². The van der Waals surface area contributed by atoms with Gasteiger partial charge in [-0.25, -0.2) is 0 Å². The van der Waals surface area contributed by atoms with Gasteiger partial charge in [0, 0.05) is 25.2 Å². The number of nitrogens with two attached hydrogens (primary N) is 1. The number of benzene rings is 1. The van der Waals surface area contributed by atoms with E-state index in [2.05, 4.69) is 29.2 Å². The summed E-state index contributed by atoms with van der Waals surface area (Å²) in [4.78, 5) is 2.59. The maximum Gasteiger partial charge on any atom is 0.451 e. The van der Waals surface area contributed by atoms with Crippen LogP contribution in [0.4, 0.5) is 0 Å². The maximum atomic E-state index is 8.83. The van der Waals surface area contributed by atoms with Crippen LogP contribution in [-0.2, 0) is 13.1 Å². The van der Waals surface area contributed by atoms with Gasteiger partial charge in [0.1, 0.15) is 0 Å². The summed E-state index contributed by atoms with van der Waals surface area (Å²) < 4.78 is 0. The Balaban J connectivity index is 1.36. The van der Waals surface area contributed by atoms with Gasteiger partial charge in [-0.15, -0.1) is 0 Å². The molecule has 1 unspecified atom stereocenters. The molecule has 0 saturated heterocycles. The molecule has 1 heterocycles. The molecule has 22 heavy (non-hydrogen) atoms. The highest BCUT2D eigenvalue weighted by atomic mass is 16.4. The fraction of sp³-hybridized carbons (Fsp3) is 0.647. The van der Waals surface area contributed by atoms with E-state index in [0.717, 1.165) is 32.4 Å². The van der Waals surface area contributed by atoms with Crippen molar-refractivity contribution in [1.29, 1.82) is 0 Å². The van der Waals surface area contributed by atoms with Crippen LogP contribution in [0.3, 0.4) is 0 Å². The zero-order chi connectivity index (χ0) is 15.5. The van der Waals surface area contributed by atoms with Crippen molar-refractivity contribution in [2.45, 2.75) is 63.6 Å². The number of hydrogen-bond acceptors (Lipinski definition) is 4. The van der Waals surface area contributed by atoms with Crippen LogP contribution < -0.4 is 5.73 Å². The Hall–Kier alpha value is -0.875. The molecule has 0 aromatic heterocycles. The van der Waals surface area contributed by atoms with Crippen LogP contribution in [0.2, 0.25) is 6.32 Å². The van der Waals surface area contributed by atoms with Gasteiger partial charge in [0.25, 0.3) is 0 Å². The SMILES string of the molecule is NC(CCCCB(O)O)[C@H]1C[C@@H](N2Cc3ccccc3C2)C1. The van der Waals surface area contributed by atoms with Crippen molar-refractivity contribution >= 4 is 7.12 Å². The van der Waals surface area contributed by atoms with Crippen molar-refractivity contribution in [2.24, 2.45) is 11.7 Å². The summed E-state index contributed by atoms with van der Waals surface area (Å²) in [6, 6.07) is 9.72. The van der Waals surface area contributed by atoms with Gasteiger partial charge in [0.2, 0.25) is 0 Å². The van der Waals surface area contributed by atoms with Gasteiger partial charge < -0.3 is 15.8 Å². The Kier molecular flexibility index (Phi) is 5.19. The molecule has 0 bridgehead atoms. The van der Waals surface area contributed by atoms with Crippen molar-refractivity contribution in [2.75, 3.05) is 0 Å². The first kappa shape index (κ1) is 16.0. The molecule has 1 saturated carbocycles. The third kappa shape index (κ3) is 3.71. The van der Waals surface area contributed by atoms with Crippen molar-refractivity contribution in [3.05, 3.63) is 35.4 Å². The van der Waals surface area contributed by atoms with Crippen LogP contribution in [-0.4, -0.2) is 34.2 Å². The molecule has 120 valence electrons. The van der Waals surface area contributed by atoms with E-state index in [4.69, 9.17) is 15.8 Å². The average Bonchev–Trinajstić information content (AvgIpc) is 2.85. The average molecular weight is 302 g/mol. The van der Waals surface area contributed by atoms with Crippen LogP contribution in [0.5, 0.6) is 0 Å². The summed E-state index contributed by atoms with van der Waals surface area (Å²) in [7, 11) is -1.17. The normalized spacial score (nSPS) is 25.6. The van der Waals surface area contributed by atoms with Gasteiger partial charge in [-0.3, -0.25) is 4.90 Å². The lowest BCUT2D eigenvalue weighted by Gasteiger charge is -2.44. The van der Waals surface area contributed by atoms with Crippen molar-refractivity contribution in [3.63, 3.8) is 0 Å². The van der Waals surface area contributed by atoms with Gasteiger partial charge in [-0.1, -0.05) is 37.1 Å². The number of fused-ring (bicyclic) bond motifs is 1. The van der Waals surface area contributed by atoms with Crippen molar-refractivity contribution in [3.8, 4) is 0 Å². The molecule has 1 fully saturated rings. The molecule has 4 N–H and O–H groups in total. The predicted octanol–water partition coefficient (Wildman–Crippen LogP) is 1.75. The zero-order valence-electron chi connectivity index (χ0n) is 13.2. The topological polar surface area (TPSA) is 69.7 Å². The van der Waals surface area contributed by atoms with Crippen LogP contribution in [0.25, 0.3) is 0 Å². The molecule has 1 aromatic rings. The second-order valence-corrected chi connectivity index (χ2v) is 6.99. The van der Waals surface area contributed by atoms with E-state index in [0.29, 0.717) is 18.3 Å². The first-order chi connectivity index (χ1) is 10.6. The van der Waals surface area contributed by atoms with Gasteiger partial charge in [-0.05, 0) is 42.6 Å². The molecule has 3 rings (SSSR count). The Morgan fingerprint density at radius 1 is 1.14 bits per heavy atom. The Labute approximate surface area is 133 Å². The van der Waals surface area contributed by atoms with Gasteiger partial charge in [-0.2, -0.15) is 0 Å². The molecule has 1 atom stereocenters. The lowest BCUT2D eigenvalue weighted by molar-refractivity contribution is 0.0610. The largest absolute Gasteiger partial charge is 0.451 e. The lowest BCUT2D eigenvalue weighted by Crippen LogP contribution is -2.48. The van der Waals surface area contributed by atoms with E-state index in [1.54, 1.807) is 0 Å². The minimum atomic E-state index is -1.17. The number of unbranched alkanes of at least 4 members (excludes halogenated alkanes) is 1. The number of nitrogens with zero attached hydrogens (tertiary/aromatic N) is 1. The van der Waals surface area contributed by atoms with Gasteiger partial charge in [0.15, 0.2) is 0 Å². The summed E-state index contributed by atoms with van der Waals surface area (Å²) in [5.41, 5.74) is 9.27. The summed E-state index contributed by atoms with van der Waals surface area (Å²) >= 11 is 0. The van der Waals surface area contributed by atoms with E-state index < -0.39 is 7.12 Å². The monoisotopic (exact) mass is 302 g/mol. The fourth-order valence-electron chi connectivity index (χ4n) is 3.84. The third-order valence-electron chi connectivity index (χ3n) is 5.39. The highest BCUT2D eigenvalue weighted by Crippen LogP contribution is 2.38. The van der Waals surface area contributed by atoms with Crippen LogP contribution in [0, 0.1) is 5.92 Å². The Bertz CT molecular complexity index is 466. The Morgan fingerprint density at radius 3 is 2.36 bits per heavy atom. The second kappa shape index (κ2) is 7.13. The second-order valence-electron chi connectivity index (χ2n) is 6.99. The summed E-state index contributed by atoms with van der Waals surface area (Å²) in [6.45, 7) is 2.19. The minimum absolute atomic E-state index is 0.275. The molecule has 5 heteroatoms. The standard InChI is InChI=1S/C17H27BN2O2/c19-17(7-3-4-8-18(21)22)15-9-16(10-15)20-11-13-5-1-2-6-14(13)12-20/h1-2,5-6,15-17,21-22H,3-4,7-12,19H2/t15-,16+,17?. The number of rotatable bonds is 7. The lowest BCUT2D eigenvalue weighted by atomic mass is 9.73. The van der Waals surface area contributed by atoms with E-state index in [9.17, 15) is 0 Å². The molecule has 0 radical (unpaired) electrons. The zero-order valence-corrected chi connectivity index (χ0v) is 13.2. The van der Waals surface area contributed by atoms with E-state index in [1.807, 2.05) is 0 Å². The molecule has 0 amide bonds. The molecular formula is C17H27BN2O2. The van der Waals surface area contributed by atoms with Crippen molar-refractivity contribution in [1.82, 2.24) is 4.90 Å². The van der Waals surface area contributed by atoms with Gasteiger partial charge >= 0.3 is 7.12 Å². The molecule has 1 aliphatic heterocycles. The maximum absolute atomic E-state index is 8.83. The molecule has 1 aliphatic carbocycles. The van der Waals surface area contributed by atoms with Crippen LogP contribution in [0.15, 0.2) is 24.3 Å². The highest BCUT2D eigenvalue weighted by molar-refractivity contribution is 6.40. The smallest absolute Gasteiger partial charge is 0.427 e. The highest BCUT2D eigenvalue weighted by Gasteiger charge is 2.38. The summed E-state index contributed by atoms with van der Waals surface area (Å²) in [5, 5.41) is 17.7. The first-order valence-electron chi connectivity index (χ1n) is 8.56. The molecule has 1 aromatic carbocycles. The molecule has 4 nitrogen and oxygen atoms in total. The molecular weight excluding hydrogens is 275 g/mol. The van der Waals surface area contributed by atoms with Crippen molar-refractivity contribution < 1.29 is 10.0 Å². The fourth-order valence-corrected chi connectivity index (χ4v) is 3.84. The van der Waals surface area contributed by atoms with E-state index in [-0.39, 0.29) is 6.04 Å². The number of hydrogen-bond donors (Lipinski definition) is 3. The molecule has 0 spiro atoms. The van der Waals surface area contributed by atoms with E-state index in [1.165, 1.54) is 24.0 Å². The first-order valence-corrected chi connectivity index (χ1v) is 8.56. The predicted molar refractivity (Wildman–Crippen MR) is 89.0 cm³/mol. The minimum Gasteiger partial charge on any atom is -0.427 e.